The minimum atomic E-state index is -0.0177. The molecule has 9 aromatic rings. The second kappa shape index (κ2) is 13.7. The number of anilines is 2. The Hall–Kier alpha value is -5.26. The third-order valence-corrected chi connectivity index (χ3v) is 18.2. The van der Waals surface area contributed by atoms with Crippen LogP contribution in [-0.4, -0.2) is 11.8 Å². The van der Waals surface area contributed by atoms with E-state index in [1.54, 1.807) is 0 Å². The Labute approximate surface area is 402 Å². The SMILES string of the molecule is CC(C)(C)c1ccc(Nc2cc3c(cc2-c2c4c5c(c6cc(C(C)(C)C)ccc6n5-c5c(sc6cc7c(cc56)C(C)(C)CCC7(C)C)B4)c4c2oc2ccccc24)C(C)(C)CCC3(C)C)cc1. The molecule has 0 unspecified atom stereocenters. The van der Waals surface area contributed by atoms with E-state index in [9.17, 15) is 0 Å². The van der Waals surface area contributed by atoms with Gasteiger partial charge in [-0.15, -0.1) is 11.3 Å². The second-order valence-corrected chi connectivity index (χ2v) is 26.7. The zero-order valence-electron chi connectivity index (χ0n) is 42.5. The number of furan rings is 1. The van der Waals surface area contributed by atoms with Crippen LogP contribution in [0.5, 0.6) is 0 Å². The number of nitrogens with zero attached hydrogens (tertiary/aromatic N) is 1. The monoisotopic (exact) mass is 899 g/mol. The number of benzene rings is 6. The van der Waals surface area contributed by atoms with Crippen molar-refractivity contribution in [2.45, 2.75) is 155 Å². The highest BCUT2D eigenvalue weighted by Crippen LogP contribution is 2.54. The normalized spacial score (nSPS) is 18.1. The van der Waals surface area contributed by atoms with Crippen molar-refractivity contribution in [1.82, 2.24) is 4.57 Å². The highest BCUT2D eigenvalue weighted by Gasteiger charge is 2.42. The van der Waals surface area contributed by atoms with Crippen molar-refractivity contribution in [3.05, 3.63) is 124 Å². The van der Waals surface area contributed by atoms with Crippen LogP contribution in [0.15, 0.2) is 95.4 Å². The molecule has 2 aliphatic carbocycles. The first-order chi connectivity index (χ1) is 31.4. The Balaban J connectivity index is 1.25. The Kier molecular flexibility index (Phi) is 8.81. The van der Waals surface area contributed by atoms with Crippen LogP contribution >= 0.6 is 11.3 Å². The molecule has 1 aliphatic heterocycles. The summed E-state index contributed by atoms with van der Waals surface area (Å²) in [6.07, 6.45) is 4.70. The van der Waals surface area contributed by atoms with Gasteiger partial charge in [0.2, 0.25) is 7.28 Å². The molecule has 0 bridgehead atoms. The van der Waals surface area contributed by atoms with Gasteiger partial charge in [-0.25, -0.2) is 0 Å². The van der Waals surface area contributed by atoms with Crippen molar-refractivity contribution in [2.75, 3.05) is 5.32 Å². The molecule has 0 fully saturated rings. The molecule has 6 aromatic carbocycles. The van der Waals surface area contributed by atoms with Gasteiger partial charge in [-0.3, -0.25) is 0 Å². The number of thiophene rings is 1. The third kappa shape index (κ3) is 6.28. The Bertz CT molecular complexity index is 3590. The zero-order chi connectivity index (χ0) is 47.1. The molecule has 0 radical (unpaired) electrons. The van der Waals surface area contributed by atoms with Crippen LogP contribution in [0.4, 0.5) is 11.4 Å². The summed E-state index contributed by atoms with van der Waals surface area (Å²) in [5.74, 6) is 0. The maximum atomic E-state index is 7.39. The molecule has 12 rings (SSSR count). The predicted molar refractivity (Wildman–Crippen MR) is 293 cm³/mol. The van der Waals surface area contributed by atoms with Gasteiger partial charge in [-0.2, -0.15) is 0 Å². The zero-order valence-corrected chi connectivity index (χ0v) is 43.3. The van der Waals surface area contributed by atoms with Gasteiger partial charge in [0.05, 0.1) is 16.7 Å². The van der Waals surface area contributed by atoms with Crippen LogP contribution in [0.3, 0.4) is 0 Å². The number of nitrogens with one attached hydrogen (secondary N) is 1. The van der Waals surface area contributed by atoms with Crippen molar-refractivity contribution in [3.8, 4) is 16.8 Å². The number of aromatic nitrogens is 1. The van der Waals surface area contributed by atoms with E-state index < -0.39 is 0 Å². The average Bonchev–Trinajstić information content (AvgIpc) is 3.93. The number of fused-ring (bicyclic) bond motifs is 13. The van der Waals surface area contributed by atoms with Crippen LogP contribution in [-0.2, 0) is 32.5 Å². The van der Waals surface area contributed by atoms with Crippen LogP contribution in [0.25, 0.3) is 70.6 Å². The van der Waals surface area contributed by atoms with Gasteiger partial charge in [0.1, 0.15) is 11.2 Å². The molecule has 0 saturated heterocycles. The van der Waals surface area contributed by atoms with E-state index in [2.05, 4.69) is 198 Å². The highest BCUT2D eigenvalue weighted by molar-refractivity contribution is 7.29. The van der Waals surface area contributed by atoms with Crippen LogP contribution < -0.4 is 15.6 Å². The molecule has 3 aromatic heterocycles. The van der Waals surface area contributed by atoms with Crippen molar-refractivity contribution in [1.29, 1.82) is 0 Å². The molecule has 67 heavy (non-hydrogen) atoms. The van der Waals surface area contributed by atoms with Gasteiger partial charge in [0.15, 0.2) is 0 Å². The van der Waals surface area contributed by atoms with Crippen molar-refractivity contribution < 1.29 is 4.42 Å². The van der Waals surface area contributed by atoms with Gasteiger partial charge in [-0.05, 0) is 156 Å². The van der Waals surface area contributed by atoms with Gasteiger partial charge < -0.3 is 14.3 Å². The number of hydrogen-bond donors (Lipinski definition) is 1. The van der Waals surface area contributed by atoms with E-state index in [-0.39, 0.29) is 32.5 Å². The molecule has 3 aliphatic rings. The molecule has 0 atom stereocenters. The summed E-state index contributed by atoms with van der Waals surface area (Å²) in [7, 11) is 0.832. The Morgan fingerprint density at radius 2 is 1.18 bits per heavy atom. The summed E-state index contributed by atoms with van der Waals surface area (Å²) in [5, 5.41) is 10.5. The molecule has 5 heteroatoms. The maximum Gasteiger partial charge on any atom is 0.211 e. The molecule has 1 N–H and O–H groups in total. The Morgan fingerprint density at radius 1 is 0.597 bits per heavy atom. The standard InChI is InChI=1S/C62H67BN2OS/c1-57(2,3)34-19-22-36(23-20-34)64-45-32-43-41(59(7,8)25-27-61(43,11)12)30-38(45)51-52-54-49(50-37-17-15-16-18-47(37)66-55(50)51)39-29-35(58(4,5)6)21-24-46(39)65(54)53-40-31-42-44(33-48(40)67-56(53)63-52)62(13,14)28-26-60(42,9)10/h15-24,29-33,63-64H,25-28H2,1-14H3. The van der Waals surface area contributed by atoms with Gasteiger partial charge in [0.25, 0.3) is 0 Å². The van der Waals surface area contributed by atoms with E-state index in [1.807, 2.05) is 11.3 Å². The van der Waals surface area contributed by atoms with Crippen LogP contribution in [0, 0.1) is 0 Å². The molecule has 3 nitrogen and oxygen atoms in total. The smallest absolute Gasteiger partial charge is 0.211 e. The first-order valence-corrected chi connectivity index (χ1v) is 25.9. The van der Waals surface area contributed by atoms with E-state index in [0.29, 0.717) is 0 Å². The van der Waals surface area contributed by atoms with E-state index in [0.717, 1.165) is 42.7 Å². The number of rotatable bonds is 3. The van der Waals surface area contributed by atoms with Crippen molar-refractivity contribution in [3.63, 3.8) is 0 Å². The lowest BCUT2D eigenvalue weighted by Gasteiger charge is -2.42. The van der Waals surface area contributed by atoms with Gasteiger partial charge in [-0.1, -0.05) is 133 Å². The summed E-state index contributed by atoms with van der Waals surface area (Å²) >= 11 is 2.02. The third-order valence-electron chi connectivity index (χ3n) is 17.0. The summed E-state index contributed by atoms with van der Waals surface area (Å²) in [6.45, 7) is 33.6. The molecule has 0 spiro atoms. The molecule has 0 amide bonds. The molecular weight excluding hydrogens is 832 g/mol. The Morgan fingerprint density at radius 3 is 1.82 bits per heavy atom. The quantitative estimate of drug-likeness (QED) is 0.179. The first-order valence-electron chi connectivity index (χ1n) is 25.1. The van der Waals surface area contributed by atoms with Gasteiger partial charge >= 0.3 is 0 Å². The highest BCUT2D eigenvalue weighted by atomic mass is 32.1. The van der Waals surface area contributed by atoms with Crippen molar-refractivity contribution in [2.24, 2.45) is 0 Å². The van der Waals surface area contributed by atoms with E-state index in [1.165, 1.54) is 116 Å². The van der Waals surface area contributed by atoms with Crippen LogP contribution in [0.2, 0.25) is 0 Å². The number of para-hydroxylation sites is 1. The summed E-state index contributed by atoms with van der Waals surface area (Å²) in [5.41, 5.74) is 20.9. The molecule has 4 heterocycles. The lowest BCUT2D eigenvalue weighted by molar-refractivity contribution is 0.332. The second-order valence-electron chi connectivity index (χ2n) is 25.6. The summed E-state index contributed by atoms with van der Waals surface area (Å²) < 4.78 is 12.9. The minimum absolute atomic E-state index is 0.0123. The average molecular weight is 899 g/mol. The fourth-order valence-electron chi connectivity index (χ4n) is 12.6. The first kappa shape index (κ1) is 43.1. The summed E-state index contributed by atoms with van der Waals surface area (Å²) in [4.78, 5) is 0. The molecular formula is C62H67BN2OS. The lowest BCUT2D eigenvalue weighted by Crippen LogP contribution is -2.36. The van der Waals surface area contributed by atoms with E-state index in [4.69, 9.17) is 4.42 Å². The minimum Gasteiger partial charge on any atom is -0.455 e. The number of hydrogen-bond acceptors (Lipinski definition) is 3. The van der Waals surface area contributed by atoms with Crippen LogP contribution in [0.1, 0.15) is 156 Å². The molecule has 0 saturated carbocycles. The topological polar surface area (TPSA) is 30.1 Å². The lowest BCUT2D eigenvalue weighted by atomic mass is 9.60. The molecule has 340 valence electrons. The van der Waals surface area contributed by atoms with Crippen molar-refractivity contribution >= 4 is 94.1 Å². The summed E-state index contributed by atoms with van der Waals surface area (Å²) in [6, 6.07) is 35.6. The van der Waals surface area contributed by atoms with E-state index >= 15 is 0 Å². The van der Waals surface area contributed by atoms with Gasteiger partial charge in [0, 0.05) is 54.1 Å². The fourth-order valence-corrected chi connectivity index (χ4v) is 13.8. The largest absolute Gasteiger partial charge is 0.455 e. The maximum absolute atomic E-state index is 7.39. The predicted octanol–water partition coefficient (Wildman–Crippen LogP) is 16.3. The fraction of sp³-hybridized carbons (Fsp3) is 0.387.